The van der Waals surface area contributed by atoms with E-state index >= 15 is 0 Å². The molecule has 2 aromatic carbocycles. The van der Waals surface area contributed by atoms with Crippen molar-refractivity contribution in [2.45, 2.75) is 12.8 Å². The van der Waals surface area contributed by atoms with Crippen molar-refractivity contribution in [2.24, 2.45) is 5.73 Å². The Kier molecular flexibility index (Phi) is 4.71. The minimum Gasteiger partial charge on any atom is -0.383 e. The molecule has 2 rings (SSSR count). The lowest BCUT2D eigenvalue weighted by atomic mass is 10.1. The molecule has 0 aliphatic carbocycles. The fourth-order valence-corrected chi connectivity index (χ4v) is 1.97. The second-order valence-corrected chi connectivity index (χ2v) is 4.57. The van der Waals surface area contributed by atoms with E-state index in [1.807, 2.05) is 18.2 Å². The van der Waals surface area contributed by atoms with Crippen LogP contribution in [0, 0.1) is 5.82 Å². The second kappa shape index (κ2) is 6.70. The molecule has 0 radical (unpaired) electrons. The molecular weight excluding hydrogens is 255 g/mol. The van der Waals surface area contributed by atoms with Crippen LogP contribution in [-0.4, -0.2) is 12.5 Å². The SMILES string of the molecule is NC(=O)c1ccc(F)c(NCCCc2ccccc2)c1. The molecule has 0 heterocycles. The molecule has 0 saturated heterocycles. The maximum atomic E-state index is 13.6. The molecule has 0 bridgehead atoms. The summed E-state index contributed by atoms with van der Waals surface area (Å²) in [5.41, 5.74) is 7.04. The van der Waals surface area contributed by atoms with E-state index in [4.69, 9.17) is 5.73 Å². The zero-order valence-electron chi connectivity index (χ0n) is 11.1. The summed E-state index contributed by atoms with van der Waals surface area (Å²) in [7, 11) is 0. The zero-order chi connectivity index (χ0) is 14.4. The summed E-state index contributed by atoms with van der Waals surface area (Å²) in [6.07, 6.45) is 1.80. The molecule has 20 heavy (non-hydrogen) atoms. The fraction of sp³-hybridized carbons (Fsp3) is 0.188. The van der Waals surface area contributed by atoms with Crippen LogP contribution in [-0.2, 0) is 6.42 Å². The van der Waals surface area contributed by atoms with Crippen LogP contribution < -0.4 is 11.1 Å². The van der Waals surface area contributed by atoms with Crippen LogP contribution in [0.2, 0.25) is 0 Å². The summed E-state index contributed by atoms with van der Waals surface area (Å²) in [5.74, 6) is -0.938. The second-order valence-electron chi connectivity index (χ2n) is 4.57. The number of primary amides is 1. The molecule has 0 unspecified atom stereocenters. The minimum atomic E-state index is -0.558. The molecule has 4 heteroatoms. The van der Waals surface area contributed by atoms with Crippen molar-refractivity contribution < 1.29 is 9.18 Å². The number of amides is 1. The van der Waals surface area contributed by atoms with E-state index < -0.39 is 5.91 Å². The number of halogens is 1. The van der Waals surface area contributed by atoms with E-state index in [0.29, 0.717) is 17.8 Å². The van der Waals surface area contributed by atoms with Crippen LogP contribution in [0.15, 0.2) is 48.5 Å². The largest absolute Gasteiger partial charge is 0.383 e. The first kappa shape index (κ1) is 14.1. The molecule has 0 fully saturated rings. The van der Waals surface area contributed by atoms with Gasteiger partial charge in [-0.1, -0.05) is 30.3 Å². The number of carbonyl (C=O) groups excluding carboxylic acids is 1. The van der Waals surface area contributed by atoms with Gasteiger partial charge >= 0.3 is 0 Å². The van der Waals surface area contributed by atoms with Crippen LogP contribution in [0.4, 0.5) is 10.1 Å². The van der Waals surface area contributed by atoms with Gasteiger partial charge in [-0.05, 0) is 36.6 Å². The van der Waals surface area contributed by atoms with Gasteiger partial charge in [0, 0.05) is 12.1 Å². The van der Waals surface area contributed by atoms with Gasteiger partial charge in [0.05, 0.1) is 5.69 Å². The Balaban J connectivity index is 1.88. The summed E-state index contributed by atoms with van der Waals surface area (Å²) in [4.78, 5) is 11.1. The van der Waals surface area contributed by atoms with Gasteiger partial charge in [-0.3, -0.25) is 4.79 Å². The van der Waals surface area contributed by atoms with Crippen LogP contribution >= 0.6 is 0 Å². The van der Waals surface area contributed by atoms with E-state index in [9.17, 15) is 9.18 Å². The molecule has 3 N–H and O–H groups in total. The third-order valence-electron chi connectivity index (χ3n) is 3.05. The minimum absolute atomic E-state index is 0.303. The van der Waals surface area contributed by atoms with E-state index in [2.05, 4.69) is 17.4 Å². The highest BCUT2D eigenvalue weighted by Gasteiger charge is 2.06. The van der Waals surface area contributed by atoms with Crippen molar-refractivity contribution >= 4 is 11.6 Å². The van der Waals surface area contributed by atoms with E-state index in [1.165, 1.54) is 23.8 Å². The molecule has 3 nitrogen and oxygen atoms in total. The van der Waals surface area contributed by atoms with Crippen molar-refractivity contribution in [3.63, 3.8) is 0 Å². The molecule has 0 aliphatic rings. The molecule has 0 atom stereocenters. The number of hydrogen-bond donors (Lipinski definition) is 2. The van der Waals surface area contributed by atoms with Crippen LogP contribution in [0.1, 0.15) is 22.3 Å². The maximum Gasteiger partial charge on any atom is 0.248 e. The topological polar surface area (TPSA) is 55.1 Å². The van der Waals surface area contributed by atoms with Gasteiger partial charge in [0.25, 0.3) is 0 Å². The number of benzene rings is 2. The van der Waals surface area contributed by atoms with Gasteiger partial charge in [-0.15, -0.1) is 0 Å². The Hall–Kier alpha value is -2.36. The van der Waals surface area contributed by atoms with Gasteiger partial charge in [0.15, 0.2) is 0 Å². The molecule has 0 saturated carbocycles. The predicted octanol–water partition coefficient (Wildman–Crippen LogP) is 2.97. The van der Waals surface area contributed by atoms with Gasteiger partial charge < -0.3 is 11.1 Å². The van der Waals surface area contributed by atoms with Crippen molar-refractivity contribution in [1.82, 2.24) is 0 Å². The number of carbonyl (C=O) groups is 1. The van der Waals surface area contributed by atoms with Gasteiger partial charge in [0.1, 0.15) is 5.82 Å². The van der Waals surface area contributed by atoms with Crippen molar-refractivity contribution in [3.8, 4) is 0 Å². The Morgan fingerprint density at radius 1 is 1.15 bits per heavy atom. The third kappa shape index (κ3) is 3.82. The smallest absolute Gasteiger partial charge is 0.248 e. The number of hydrogen-bond acceptors (Lipinski definition) is 2. The Morgan fingerprint density at radius 2 is 1.90 bits per heavy atom. The lowest BCUT2D eigenvalue weighted by molar-refractivity contribution is 0.100. The average Bonchev–Trinajstić information content (AvgIpc) is 2.46. The Labute approximate surface area is 117 Å². The zero-order valence-corrected chi connectivity index (χ0v) is 11.1. The van der Waals surface area contributed by atoms with E-state index in [0.717, 1.165) is 12.8 Å². The number of anilines is 1. The highest BCUT2D eigenvalue weighted by atomic mass is 19.1. The molecule has 104 valence electrons. The van der Waals surface area contributed by atoms with Crippen LogP contribution in [0.3, 0.4) is 0 Å². The first-order chi connectivity index (χ1) is 9.66. The Bertz CT molecular complexity index is 584. The van der Waals surface area contributed by atoms with Gasteiger partial charge in [0.2, 0.25) is 5.91 Å². The lowest BCUT2D eigenvalue weighted by Crippen LogP contribution is -2.12. The first-order valence-corrected chi connectivity index (χ1v) is 6.54. The maximum absolute atomic E-state index is 13.6. The lowest BCUT2D eigenvalue weighted by Gasteiger charge is -2.08. The monoisotopic (exact) mass is 272 g/mol. The molecule has 0 spiro atoms. The fourth-order valence-electron chi connectivity index (χ4n) is 1.97. The quantitative estimate of drug-likeness (QED) is 0.794. The molecule has 2 aromatic rings. The highest BCUT2D eigenvalue weighted by Crippen LogP contribution is 2.16. The number of nitrogens with two attached hydrogens (primary N) is 1. The summed E-state index contributed by atoms with van der Waals surface area (Å²) in [6, 6.07) is 14.2. The first-order valence-electron chi connectivity index (χ1n) is 6.54. The van der Waals surface area contributed by atoms with Gasteiger partial charge in [-0.2, -0.15) is 0 Å². The predicted molar refractivity (Wildman–Crippen MR) is 78.2 cm³/mol. The van der Waals surface area contributed by atoms with Crippen molar-refractivity contribution in [3.05, 3.63) is 65.5 Å². The summed E-state index contributed by atoms with van der Waals surface area (Å²) in [5, 5.41) is 3.00. The summed E-state index contributed by atoms with van der Waals surface area (Å²) < 4.78 is 13.6. The highest BCUT2D eigenvalue weighted by molar-refractivity contribution is 5.93. The van der Waals surface area contributed by atoms with Crippen molar-refractivity contribution in [1.29, 1.82) is 0 Å². The third-order valence-corrected chi connectivity index (χ3v) is 3.05. The van der Waals surface area contributed by atoms with Gasteiger partial charge in [-0.25, -0.2) is 4.39 Å². The van der Waals surface area contributed by atoms with Crippen LogP contribution in [0.5, 0.6) is 0 Å². The Morgan fingerprint density at radius 3 is 2.60 bits per heavy atom. The standard InChI is InChI=1S/C16H17FN2O/c17-14-9-8-13(16(18)20)11-15(14)19-10-4-7-12-5-2-1-3-6-12/h1-3,5-6,8-9,11,19H,4,7,10H2,(H2,18,20). The van der Waals surface area contributed by atoms with E-state index in [-0.39, 0.29) is 5.82 Å². The molecule has 0 aromatic heterocycles. The van der Waals surface area contributed by atoms with Crippen LogP contribution in [0.25, 0.3) is 0 Å². The number of aryl methyl sites for hydroxylation is 1. The normalized spacial score (nSPS) is 10.2. The number of nitrogens with one attached hydrogen (secondary N) is 1. The average molecular weight is 272 g/mol. The molecule has 1 amide bonds. The van der Waals surface area contributed by atoms with Crippen molar-refractivity contribution in [2.75, 3.05) is 11.9 Å². The summed E-state index contributed by atoms with van der Waals surface area (Å²) >= 11 is 0. The number of rotatable bonds is 6. The molecule has 0 aliphatic heterocycles. The summed E-state index contributed by atoms with van der Waals surface area (Å²) in [6.45, 7) is 0.633. The van der Waals surface area contributed by atoms with E-state index in [1.54, 1.807) is 0 Å². The molecular formula is C16H17FN2O.